The first-order chi connectivity index (χ1) is 15.6. The van der Waals surface area contributed by atoms with Gasteiger partial charge in [0.05, 0.1) is 5.52 Å². The number of aromatic nitrogens is 3. The standard InChI is InChI=1S/C23H20FN5O.C2H2/c1-14-10-17(6-8-25-14)22-19-11-16-7-9-29(13-15-2-4-18(24)5-3-15)23(30)26-20(16)12-21(19)27-28-22;1-2/h2-6,8,10-12H,7,9,13H2,1H3,(H,26,30)(H,27,28);1-2H. The van der Waals surface area contributed by atoms with Gasteiger partial charge in [-0.2, -0.15) is 5.10 Å². The summed E-state index contributed by atoms with van der Waals surface area (Å²) >= 11 is 0. The Labute approximate surface area is 185 Å². The normalized spacial score (nSPS) is 13.0. The highest BCUT2D eigenvalue weighted by Crippen LogP contribution is 2.32. The Morgan fingerprint density at radius 2 is 1.91 bits per heavy atom. The third kappa shape index (κ3) is 4.16. The number of pyridine rings is 1. The number of aromatic amines is 1. The molecule has 0 saturated heterocycles. The number of hydrogen-bond donors (Lipinski definition) is 2. The number of carbonyl (C=O) groups excluding carboxylic acids is 1. The van der Waals surface area contributed by atoms with Crippen LogP contribution in [0.1, 0.15) is 16.8 Å². The van der Waals surface area contributed by atoms with E-state index in [-0.39, 0.29) is 11.8 Å². The van der Waals surface area contributed by atoms with Gasteiger partial charge < -0.3 is 10.2 Å². The van der Waals surface area contributed by atoms with E-state index in [9.17, 15) is 9.18 Å². The summed E-state index contributed by atoms with van der Waals surface area (Å²) in [5, 5.41) is 11.6. The summed E-state index contributed by atoms with van der Waals surface area (Å²) in [5.74, 6) is -0.282. The third-order valence-corrected chi connectivity index (χ3v) is 5.42. The molecule has 0 fully saturated rings. The molecule has 160 valence electrons. The van der Waals surface area contributed by atoms with Crippen LogP contribution in [0.2, 0.25) is 0 Å². The monoisotopic (exact) mass is 427 g/mol. The zero-order chi connectivity index (χ0) is 22.7. The second-order valence-corrected chi connectivity index (χ2v) is 7.54. The molecule has 7 heteroatoms. The molecule has 32 heavy (non-hydrogen) atoms. The van der Waals surface area contributed by atoms with Gasteiger partial charge in [0.25, 0.3) is 0 Å². The van der Waals surface area contributed by atoms with Crippen molar-refractivity contribution in [3.8, 4) is 24.1 Å². The van der Waals surface area contributed by atoms with Crippen LogP contribution in [0.15, 0.2) is 54.7 Å². The van der Waals surface area contributed by atoms with Crippen molar-refractivity contribution in [3.05, 3.63) is 77.4 Å². The van der Waals surface area contributed by atoms with E-state index >= 15 is 0 Å². The molecule has 1 aliphatic heterocycles. The highest BCUT2D eigenvalue weighted by atomic mass is 19.1. The van der Waals surface area contributed by atoms with Crippen LogP contribution in [0.3, 0.4) is 0 Å². The van der Waals surface area contributed by atoms with E-state index in [1.54, 1.807) is 23.2 Å². The largest absolute Gasteiger partial charge is 0.322 e. The maximum atomic E-state index is 13.2. The fourth-order valence-electron chi connectivity index (χ4n) is 3.86. The molecule has 3 heterocycles. The average Bonchev–Trinajstić information content (AvgIpc) is 3.15. The molecule has 0 atom stereocenters. The predicted octanol–water partition coefficient (Wildman–Crippen LogP) is 4.91. The lowest BCUT2D eigenvalue weighted by molar-refractivity contribution is 0.211. The second-order valence-electron chi connectivity index (χ2n) is 7.54. The number of benzene rings is 2. The summed E-state index contributed by atoms with van der Waals surface area (Å²) in [6, 6.07) is 14.1. The molecule has 2 aromatic carbocycles. The van der Waals surface area contributed by atoms with Crippen molar-refractivity contribution in [3.63, 3.8) is 0 Å². The van der Waals surface area contributed by atoms with Gasteiger partial charge in [-0.25, -0.2) is 9.18 Å². The van der Waals surface area contributed by atoms with E-state index in [0.29, 0.717) is 19.5 Å². The van der Waals surface area contributed by atoms with Crippen LogP contribution in [0.4, 0.5) is 14.9 Å². The van der Waals surface area contributed by atoms with Crippen LogP contribution < -0.4 is 5.32 Å². The summed E-state index contributed by atoms with van der Waals surface area (Å²) in [7, 11) is 0. The molecule has 0 spiro atoms. The summed E-state index contributed by atoms with van der Waals surface area (Å²) < 4.78 is 13.2. The summed E-state index contributed by atoms with van der Waals surface area (Å²) in [6.45, 7) is 2.96. The van der Waals surface area contributed by atoms with Gasteiger partial charge in [-0.1, -0.05) is 12.1 Å². The van der Waals surface area contributed by atoms with Gasteiger partial charge in [-0.3, -0.25) is 10.1 Å². The first kappa shape index (κ1) is 21.1. The van der Waals surface area contributed by atoms with Gasteiger partial charge in [-0.15, -0.1) is 12.8 Å². The molecule has 0 saturated carbocycles. The van der Waals surface area contributed by atoms with Crippen molar-refractivity contribution < 1.29 is 9.18 Å². The van der Waals surface area contributed by atoms with Crippen LogP contribution in [0, 0.1) is 25.6 Å². The number of hydrogen-bond acceptors (Lipinski definition) is 3. The first-order valence-electron chi connectivity index (χ1n) is 10.1. The molecule has 5 rings (SSSR count). The molecule has 0 bridgehead atoms. The fourth-order valence-corrected chi connectivity index (χ4v) is 3.86. The Morgan fingerprint density at radius 3 is 2.66 bits per heavy atom. The Morgan fingerprint density at radius 1 is 1.12 bits per heavy atom. The van der Waals surface area contributed by atoms with E-state index in [1.165, 1.54) is 12.1 Å². The molecule has 0 unspecified atom stereocenters. The maximum Gasteiger partial charge on any atom is 0.322 e. The number of carbonyl (C=O) groups is 1. The van der Waals surface area contributed by atoms with Crippen molar-refractivity contribution in [2.24, 2.45) is 0 Å². The Hall–Kier alpha value is -4.18. The van der Waals surface area contributed by atoms with Gasteiger partial charge in [-0.05, 0) is 60.9 Å². The minimum atomic E-state index is -0.282. The minimum Gasteiger partial charge on any atom is -0.320 e. The molecule has 1 aliphatic rings. The quantitative estimate of drug-likeness (QED) is 0.456. The summed E-state index contributed by atoms with van der Waals surface area (Å²) in [4.78, 5) is 18.8. The zero-order valence-corrected chi connectivity index (χ0v) is 17.6. The minimum absolute atomic E-state index is 0.165. The van der Waals surface area contributed by atoms with Crippen LogP contribution in [-0.4, -0.2) is 32.7 Å². The molecule has 6 nitrogen and oxygen atoms in total. The van der Waals surface area contributed by atoms with Crippen LogP contribution in [-0.2, 0) is 13.0 Å². The molecule has 0 aliphatic carbocycles. The van der Waals surface area contributed by atoms with E-state index < -0.39 is 0 Å². The smallest absolute Gasteiger partial charge is 0.320 e. The van der Waals surface area contributed by atoms with Crippen molar-refractivity contribution >= 4 is 22.6 Å². The lowest BCUT2D eigenvalue weighted by Crippen LogP contribution is -2.34. The van der Waals surface area contributed by atoms with Crippen LogP contribution >= 0.6 is 0 Å². The molecule has 0 radical (unpaired) electrons. The molecule has 4 aromatic rings. The van der Waals surface area contributed by atoms with Crippen LogP contribution in [0.25, 0.3) is 22.2 Å². The number of halogens is 1. The number of aryl methyl sites for hydroxylation is 1. The first-order valence-corrected chi connectivity index (χ1v) is 10.1. The van der Waals surface area contributed by atoms with Gasteiger partial charge in [0.1, 0.15) is 11.5 Å². The van der Waals surface area contributed by atoms with Crippen molar-refractivity contribution in [1.82, 2.24) is 20.1 Å². The average molecular weight is 427 g/mol. The lowest BCUT2D eigenvalue weighted by Gasteiger charge is -2.20. The number of amides is 2. The molecule has 2 N–H and O–H groups in total. The van der Waals surface area contributed by atoms with Gasteiger partial charge in [0, 0.05) is 41.6 Å². The van der Waals surface area contributed by atoms with Gasteiger partial charge in [0.15, 0.2) is 0 Å². The summed E-state index contributed by atoms with van der Waals surface area (Å²) in [6.07, 6.45) is 10.5. The van der Waals surface area contributed by atoms with Crippen LogP contribution in [0.5, 0.6) is 0 Å². The molecule has 2 aromatic heterocycles. The SMILES string of the molecule is C#C.Cc1cc(-c2n[nH]c3cc4c(cc23)CCN(Cc2ccc(F)cc2)C(=O)N4)ccn1. The van der Waals surface area contributed by atoms with E-state index in [2.05, 4.69) is 39.4 Å². The Balaban J connectivity index is 0.00000119. The second kappa shape index (κ2) is 8.90. The predicted molar refractivity (Wildman–Crippen MR) is 123 cm³/mol. The molecular weight excluding hydrogens is 405 g/mol. The lowest BCUT2D eigenvalue weighted by atomic mass is 10.0. The molecule has 2 amide bonds. The summed E-state index contributed by atoms with van der Waals surface area (Å²) in [5.41, 5.74) is 6.42. The Kier molecular flexibility index (Phi) is 5.86. The maximum absolute atomic E-state index is 13.2. The number of H-pyrrole nitrogens is 1. The van der Waals surface area contributed by atoms with E-state index in [1.807, 2.05) is 25.1 Å². The fraction of sp³-hybridized carbons (Fsp3) is 0.160. The topological polar surface area (TPSA) is 73.9 Å². The Bertz CT molecular complexity index is 1290. The van der Waals surface area contributed by atoms with Crippen molar-refractivity contribution in [1.29, 1.82) is 0 Å². The number of nitrogens with one attached hydrogen (secondary N) is 2. The molecular formula is C25H22FN5O. The number of terminal acetylenes is 1. The van der Waals surface area contributed by atoms with Crippen molar-refractivity contribution in [2.75, 3.05) is 11.9 Å². The third-order valence-electron chi connectivity index (χ3n) is 5.42. The highest BCUT2D eigenvalue weighted by molar-refractivity contribution is 5.99. The van der Waals surface area contributed by atoms with Gasteiger partial charge in [0.2, 0.25) is 0 Å². The number of nitrogens with zero attached hydrogens (tertiary/aromatic N) is 3. The van der Waals surface area contributed by atoms with E-state index in [0.717, 1.165) is 44.7 Å². The highest BCUT2D eigenvalue weighted by Gasteiger charge is 2.22. The zero-order valence-electron chi connectivity index (χ0n) is 17.6. The number of urea groups is 1. The van der Waals surface area contributed by atoms with E-state index in [4.69, 9.17) is 0 Å². The van der Waals surface area contributed by atoms with Crippen molar-refractivity contribution in [2.45, 2.75) is 19.9 Å². The number of anilines is 1. The van der Waals surface area contributed by atoms with Gasteiger partial charge >= 0.3 is 6.03 Å². The number of fused-ring (bicyclic) bond motifs is 2. The number of rotatable bonds is 3.